The number of pyridine rings is 2. The molecule has 0 aliphatic heterocycles. The monoisotopic (exact) mass is 430 g/mol. The van der Waals surface area contributed by atoms with Gasteiger partial charge in [-0.05, 0) is 41.8 Å². The van der Waals surface area contributed by atoms with Gasteiger partial charge < -0.3 is 9.79 Å². The van der Waals surface area contributed by atoms with E-state index in [2.05, 4.69) is 11.1 Å². The highest BCUT2D eigenvalue weighted by molar-refractivity contribution is 7.53. The summed E-state index contributed by atoms with van der Waals surface area (Å²) in [5.74, 6) is 0. The van der Waals surface area contributed by atoms with Gasteiger partial charge in [0.15, 0.2) is 11.9 Å². The molecule has 1 unspecified atom stereocenters. The molecule has 0 radical (unpaired) electrons. The van der Waals surface area contributed by atoms with E-state index >= 15 is 0 Å². The van der Waals surface area contributed by atoms with Crippen LogP contribution in [0.2, 0.25) is 0 Å². The van der Waals surface area contributed by atoms with Gasteiger partial charge in [0.05, 0.1) is 18.1 Å². The van der Waals surface area contributed by atoms with Crippen LogP contribution in [0.25, 0.3) is 16.8 Å². The molecule has 7 heteroatoms. The molecule has 1 atom stereocenters. The molecule has 1 aliphatic carbocycles. The fourth-order valence-corrected chi connectivity index (χ4v) is 4.76. The summed E-state index contributed by atoms with van der Waals surface area (Å²) in [6.07, 6.45) is 12.6. The van der Waals surface area contributed by atoms with E-state index in [4.69, 9.17) is 5.26 Å². The Kier molecular flexibility index (Phi) is 5.67. The molecule has 6 nitrogen and oxygen atoms in total. The van der Waals surface area contributed by atoms with Gasteiger partial charge in [-0.3, -0.25) is 9.55 Å². The van der Waals surface area contributed by atoms with Gasteiger partial charge in [-0.1, -0.05) is 24.3 Å². The molecular weight excluding hydrogens is 409 g/mol. The van der Waals surface area contributed by atoms with Gasteiger partial charge >= 0.3 is 7.60 Å². The summed E-state index contributed by atoms with van der Waals surface area (Å²) in [7, 11) is -4.45. The lowest BCUT2D eigenvalue weighted by Crippen LogP contribution is -2.41. The summed E-state index contributed by atoms with van der Waals surface area (Å²) in [5, 5.41) is 7.78. The van der Waals surface area contributed by atoms with E-state index in [1.54, 1.807) is 48.8 Å². The third-order valence-corrected chi connectivity index (χ3v) is 7.17. The molecule has 1 aromatic carbocycles. The van der Waals surface area contributed by atoms with Crippen LogP contribution < -0.4 is 4.57 Å². The Hall–Kier alpha value is -3.36. The maximum atomic E-state index is 12.6. The summed E-state index contributed by atoms with van der Waals surface area (Å²) in [4.78, 5) is 24.5. The lowest BCUT2D eigenvalue weighted by atomic mass is 9.93. The number of aromatic nitrogens is 2. The molecule has 0 fully saturated rings. The number of nitriles is 1. The minimum atomic E-state index is -4.45. The first-order valence-electron chi connectivity index (χ1n) is 9.77. The average molecular weight is 430 g/mol. The predicted octanol–water partition coefficient (Wildman–Crippen LogP) is 3.87. The molecule has 0 amide bonds. The van der Waals surface area contributed by atoms with Crippen LogP contribution in [0.5, 0.6) is 0 Å². The summed E-state index contributed by atoms with van der Waals surface area (Å²) in [6, 6.07) is 16.9. The number of nitrogens with zero attached hydrogens (tertiary/aromatic N) is 3. The van der Waals surface area contributed by atoms with Crippen molar-refractivity contribution in [3.8, 4) is 22.9 Å². The smallest absolute Gasteiger partial charge is 0.324 e. The van der Waals surface area contributed by atoms with E-state index < -0.39 is 12.8 Å². The molecule has 0 spiro atoms. The molecule has 31 heavy (non-hydrogen) atoms. The normalized spacial score (nSPS) is 18.0. The first-order chi connectivity index (χ1) is 14.9. The highest BCUT2D eigenvalue weighted by Crippen LogP contribution is 2.56. The van der Waals surface area contributed by atoms with E-state index in [0.29, 0.717) is 5.56 Å². The average Bonchev–Trinajstić information content (AvgIpc) is 2.80. The van der Waals surface area contributed by atoms with Gasteiger partial charge in [0, 0.05) is 36.7 Å². The number of benzene rings is 1. The number of hydrogen-bond donors (Lipinski definition) is 2. The maximum absolute atomic E-state index is 12.6. The summed E-state index contributed by atoms with van der Waals surface area (Å²) in [5.41, 5.74) is 4.01. The van der Waals surface area contributed by atoms with Gasteiger partial charge in [0.1, 0.15) is 5.16 Å². The molecule has 0 saturated carbocycles. The Bertz CT molecular complexity index is 1240. The second-order valence-electron chi connectivity index (χ2n) is 7.49. The number of hydrogen-bond acceptors (Lipinski definition) is 3. The third kappa shape index (κ3) is 4.26. The Morgan fingerprint density at radius 1 is 1.06 bits per heavy atom. The van der Waals surface area contributed by atoms with Crippen molar-refractivity contribution in [3.05, 3.63) is 103 Å². The Morgan fingerprint density at radius 3 is 2.42 bits per heavy atom. The van der Waals surface area contributed by atoms with E-state index in [-0.39, 0.29) is 12.8 Å². The summed E-state index contributed by atoms with van der Waals surface area (Å²) >= 11 is 0. The molecule has 3 aromatic rings. The van der Waals surface area contributed by atoms with Crippen LogP contribution >= 0.6 is 7.60 Å². The highest BCUT2D eigenvalue weighted by Gasteiger charge is 2.46. The summed E-state index contributed by atoms with van der Waals surface area (Å²) < 4.78 is 14.5. The zero-order valence-corrected chi connectivity index (χ0v) is 17.6. The standard InChI is InChI=1S/C24H20N3O3P/c25-18-19-4-6-22(7-5-19)27-15-10-21(20-8-13-26-14-9-20)16-23(27)17-24(31(28,29)30)11-2-1-3-12-24/h1-11,13-16H,12,17H2,(H-,28,29,30)/p+1. The van der Waals surface area contributed by atoms with Crippen LogP contribution in [0, 0.1) is 11.3 Å². The minimum Gasteiger partial charge on any atom is -0.324 e. The lowest BCUT2D eigenvalue weighted by Gasteiger charge is -2.31. The lowest BCUT2D eigenvalue weighted by molar-refractivity contribution is -0.604. The van der Waals surface area contributed by atoms with Gasteiger partial charge in [-0.2, -0.15) is 9.83 Å². The molecule has 2 aromatic heterocycles. The van der Waals surface area contributed by atoms with E-state index in [0.717, 1.165) is 22.5 Å². The minimum absolute atomic E-state index is 0.150. The second-order valence-corrected chi connectivity index (χ2v) is 9.47. The van der Waals surface area contributed by atoms with Gasteiger partial charge in [-0.15, -0.1) is 0 Å². The molecule has 2 heterocycles. The molecule has 1 aliphatic rings. The zero-order chi connectivity index (χ0) is 21.9. The highest BCUT2D eigenvalue weighted by atomic mass is 31.2. The van der Waals surface area contributed by atoms with Crippen molar-refractivity contribution in [1.29, 1.82) is 5.26 Å². The molecule has 4 rings (SSSR count). The Balaban J connectivity index is 1.86. The SMILES string of the molecule is N#Cc1ccc(-[n+]2ccc(-c3ccncc3)cc2CC2(P(=O)(O)O)C=CC=CC2)cc1. The van der Waals surface area contributed by atoms with E-state index in [9.17, 15) is 14.4 Å². The van der Waals surface area contributed by atoms with Crippen LogP contribution in [0.4, 0.5) is 0 Å². The van der Waals surface area contributed by atoms with Crippen LogP contribution in [0.1, 0.15) is 17.7 Å². The fraction of sp³-hybridized carbons (Fsp3) is 0.125. The first-order valence-corrected chi connectivity index (χ1v) is 11.4. The summed E-state index contributed by atoms with van der Waals surface area (Å²) in [6.45, 7) is 0. The van der Waals surface area contributed by atoms with Crippen molar-refractivity contribution in [3.63, 3.8) is 0 Å². The number of allylic oxidation sites excluding steroid dienone is 4. The predicted molar refractivity (Wildman–Crippen MR) is 117 cm³/mol. The molecule has 154 valence electrons. The first kappa shape index (κ1) is 20.9. The van der Waals surface area contributed by atoms with Crippen molar-refractivity contribution in [2.24, 2.45) is 0 Å². The van der Waals surface area contributed by atoms with E-state index in [1.165, 1.54) is 0 Å². The zero-order valence-electron chi connectivity index (χ0n) is 16.7. The molecule has 0 bridgehead atoms. The molecule has 0 saturated heterocycles. The molecule has 2 N–H and O–H groups in total. The quantitative estimate of drug-likeness (QED) is 0.473. The van der Waals surface area contributed by atoms with Gasteiger partial charge in [0.2, 0.25) is 5.69 Å². The topological polar surface area (TPSA) is 98.1 Å². The van der Waals surface area contributed by atoms with Crippen molar-refractivity contribution >= 4 is 7.60 Å². The van der Waals surface area contributed by atoms with Crippen molar-refractivity contribution in [1.82, 2.24) is 4.98 Å². The van der Waals surface area contributed by atoms with Gasteiger partial charge in [0.25, 0.3) is 0 Å². The van der Waals surface area contributed by atoms with E-state index in [1.807, 2.05) is 47.2 Å². The maximum Gasteiger partial charge on any atom is 0.336 e. The second kappa shape index (κ2) is 8.41. The van der Waals surface area contributed by atoms with Crippen LogP contribution in [-0.2, 0) is 11.0 Å². The fourth-order valence-electron chi connectivity index (χ4n) is 3.77. The van der Waals surface area contributed by atoms with Crippen molar-refractivity contribution < 1.29 is 18.9 Å². The largest absolute Gasteiger partial charge is 0.336 e. The van der Waals surface area contributed by atoms with Crippen LogP contribution in [-0.4, -0.2) is 19.9 Å². The van der Waals surface area contributed by atoms with Crippen LogP contribution in [0.15, 0.2) is 91.4 Å². The Labute approximate surface area is 180 Å². The van der Waals surface area contributed by atoms with Crippen LogP contribution in [0.3, 0.4) is 0 Å². The third-order valence-electron chi connectivity index (χ3n) is 5.52. The molecular formula is C24H21N3O3P+. The Morgan fingerprint density at radius 2 is 1.81 bits per heavy atom. The van der Waals surface area contributed by atoms with Gasteiger partial charge in [-0.25, -0.2) is 0 Å². The van der Waals surface area contributed by atoms with Crippen molar-refractivity contribution in [2.75, 3.05) is 0 Å². The van der Waals surface area contributed by atoms with Crippen molar-refractivity contribution in [2.45, 2.75) is 18.0 Å². The number of rotatable bonds is 5.